The van der Waals surface area contributed by atoms with Crippen LogP contribution in [0.2, 0.25) is 0 Å². The summed E-state index contributed by atoms with van der Waals surface area (Å²) in [5, 5.41) is 15.0. The van der Waals surface area contributed by atoms with Crippen molar-refractivity contribution >= 4 is 15.7 Å². The zero-order chi connectivity index (χ0) is 7.65. The molecule has 0 aliphatic rings. The second kappa shape index (κ2) is 2.32. The lowest BCUT2D eigenvalue weighted by Crippen LogP contribution is -2.34. The predicted molar refractivity (Wildman–Crippen MR) is 32.8 cm³/mol. The Bertz CT molecular complexity index is 207. The van der Waals surface area contributed by atoms with Gasteiger partial charge in [0, 0.05) is 6.26 Å². The van der Waals surface area contributed by atoms with E-state index in [-0.39, 0.29) is 0 Å². The largest absolute Gasteiger partial charge is 0.385 e. The van der Waals surface area contributed by atoms with E-state index in [1.165, 1.54) is 0 Å². The summed E-state index contributed by atoms with van der Waals surface area (Å²) in [6.07, 6.45) is 0.805. The van der Waals surface area contributed by atoms with Gasteiger partial charge in [-0.25, -0.2) is 8.42 Å². The third-order valence-electron chi connectivity index (χ3n) is 0.672. The molecular formula is C3H8N2O3S. The van der Waals surface area contributed by atoms with Gasteiger partial charge in [0.1, 0.15) is 5.84 Å². The van der Waals surface area contributed by atoms with Gasteiger partial charge in [-0.05, 0) is 0 Å². The van der Waals surface area contributed by atoms with Crippen LogP contribution in [-0.4, -0.2) is 31.1 Å². The number of nitrogens with two attached hydrogens (primary N) is 1. The zero-order valence-corrected chi connectivity index (χ0v) is 5.64. The minimum Gasteiger partial charge on any atom is -0.385 e. The number of aliphatic hydroxyl groups excluding tert-OH is 1. The smallest absolute Gasteiger partial charge is 0.212 e. The second-order valence-corrected chi connectivity index (χ2v) is 3.74. The monoisotopic (exact) mass is 152 g/mol. The Kier molecular flexibility index (Phi) is 2.16. The van der Waals surface area contributed by atoms with Crippen LogP contribution in [0.15, 0.2) is 0 Å². The van der Waals surface area contributed by atoms with Crippen molar-refractivity contribution in [2.75, 3.05) is 6.26 Å². The van der Waals surface area contributed by atoms with E-state index < -0.39 is 21.1 Å². The Morgan fingerprint density at radius 3 is 2.11 bits per heavy atom. The van der Waals surface area contributed by atoms with Crippen LogP contribution in [0.25, 0.3) is 0 Å². The van der Waals surface area contributed by atoms with Crippen molar-refractivity contribution in [2.45, 2.75) is 5.44 Å². The number of hydrogen-bond donors (Lipinski definition) is 3. The number of nitrogens with one attached hydrogen (secondary N) is 1. The van der Waals surface area contributed by atoms with Crippen molar-refractivity contribution in [3.63, 3.8) is 0 Å². The number of amidine groups is 1. The van der Waals surface area contributed by atoms with Crippen LogP contribution in [0.5, 0.6) is 0 Å². The van der Waals surface area contributed by atoms with E-state index in [2.05, 4.69) is 5.73 Å². The quantitative estimate of drug-likeness (QED) is 0.323. The molecule has 54 valence electrons. The molecule has 0 spiro atoms. The van der Waals surface area contributed by atoms with Gasteiger partial charge < -0.3 is 10.8 Å². The molecule has 0 fully saturated rings. The van der Waals surface area contributed by atoms with Crippen LogP contribution in [-0.2, 0) is 9.84 Å². The summed E-state index contributed by atoms with van der Waals surface area (Å²) < 4.78 is 20.6. The first-order valence-corrected chi connectivity index (χ1v) is 4.02. The number of hydrogen-bond acceptors (Lipinski definition) is 4. The van der Waals surface area contributed by atoms with Gasteiger partial charge in [0.15, 0.2) is 9.84 Å². The maximum absolute atomic E-state index is 10.3. The molecule has 4 N–H and O–H groups in total. The molecule has 0 aliphatic carbocycles. The highest BCUT2D eigenvalue weighted by atomic mass is 32.2. The minimum absolute atomic E-state index is 0.752. The molecule has 0 aliphatic heterocycles. The minimum atomic E-state index is -3.60. The molecule has 0 aromatic carbocycles. The molecular weight excluding hydrogens is 144 g/mol. The Balaban J connectivity index is 4.43. The van der Waals surface area contributed by atoms with Gasteiger partial charge in [0.2, 0.25) is 5.44 Å². The van der Waals surface area contributed by atoms with Gasteiger partial charge >= 0.3 is 0 Å². The fourth-order valence-electron chi connectivity index (χ4n) is 0.231. The molecule has 1 atom stereocenters. The maximum Gasteiger partial charge on any atom is 0.212 e. The van der Waals surface area contributed by atoms with E-state index >= 15 is 0 Å². The van der Waals surface area contributed by atoms with Crippen molar-refractivity contribution in [3.05, 3.63) is 0 Å². The third-order valence-corrected chi connectivity index (χ3v) is 1.74. The highest BCUT2D eigenvalue weighted by molar-refractivity contribution is 7.91. The summed E-state index contributed by atoms with van der Waals surface area (Å²) in [4.78, 5) is 0. The van der Waals surface area contributed by atoms with Crippen molar-refractivity contribution in [1.82, 2.24) is 0 Å². The highest BCUT2D eigenvalue weighted by Crippen LogP contribution is 1.91. The molecule has 0 amide bonds. The SMILES string of the molecule is CS(=O)(=O)C(O)C(=N)N. The molecule has 1 unspecified atom stereocenters. The summed E-state index contributed by atoms with van der Waals surface area (Å²) in [6, 6.07) is 0. The fraction of sp³-hybridized carbons (Fsp3) is 0.667. The maximum atomic E-state index is 10.3. The van der Waals surface area contributed by atoms with Gasteiger partial charge in [-0.3, -0.25) is 5.41 Å². The van der Waals surface area contributed by atoms with Crippen molar-refractivity contribution in [3.8, 4) is 0 Å². The first-order chi connectivity index (χ1) is 3.85. The molecule has 0 rings (SSSR count). The molecule has 0 aromatic heterocycles. The van der Waals surface area contributed by atoms with Crippen LogP contribution in [0.1, 0.15) is 0 Å². The lowest BCUT2D eigenvalue weighted by atomic mass is 10.7. The van der Waals surface area contributed by atoms with Gasteiger partial charge in [-0.2, -0.15) is 0 Å². The van der Waals surface area contributed by atoms with Gasteiger partial charge in [0.05, 0.1) is 0 Å². The normalized spacial score (nSPS) is 14.9. The molecule has 0 heterocycles. The van der Waals surface area contributed by atoms with E-state index in [4.69, 9.17) is 10.5 Å². The fourth-order valence-corrected chi connectivity index (χ4v) is 0.692. The second-order valence-electron chi connectivity index (χ2n) is 1.64. The first-order valence-electron chi connectivity index (χ1n) is 2.06. The van der Waals surface area contributed by atoms with Crippen LogP contribution < -0.4 is 5.73 Å². The lowest BCUT2D eigenvalue weighted by molar-refractivity contribution is 0.309. The van der Waals surface area contributed by atoms with Gasteiger partial charge in [-0.15, -0.1) is 0 Å². The number of aliphatic hydroxyl groups is 1. The van der Waals surface area contributed by atoms with Crippen LogP contribution in [0, 0.1) is 5.41 Å². The zero-order valence-electron chi connectivity index (χ0n) is 4.83. The molecule has 0 saturated heterocycles. The Labute approximate surface area is 52.9 Å². The summed E-state index contributed by atoms with van der Waals surface area (Å²) in [5.74, 6) is -0.752. The van der Waals surface area contributed by atoms with Crippen molar-refractivity contribution in [1.29, 1.82) is 5.41 Å². The van der Waals surface area contributed by atoms with Crippen LogP contribution >= 0.6 is 0 Å². The van der Waals surface area contributed by atoms with E-state index in [1.54, 1.807) is 0 Å². The number of rotatable bonds is 2. The van der Waals surface area contributed by atoms with Crippen molar-refractivity contribution in [2.24, 2.45) is 5.73 Å². The molecule has 0 radical (unpaired) electrons. The molecule has 0 saturated carbocycles. The van der Waals surface area contributed by atoms with Crippen LogP contribution in [0.3, 0.4) is 0 Å². The summed E-state index contributed by atoms with van der Waals surface area (Å²) >= 11 is 0. The van der Waals surface area contributed by atoms with Crippen LogP contribution in [0.4, 0.5) is 0 Å². The lowest BCUT2D eigenvalue weighted by Gasteiger charge is -2.03. The predicted octanol–water partition coefficient (Wildman–Crippen LogP) is -1.71. The van der Waals surface area contributed by atoms with E-state index in [9.17, 15) is 8.42 Å². The molecule has 0 bridgehead atoms. The van der Waals surface area contributed by atoms with E-state index in [0.717, 1.165) is 6.26 Å². The van der Waals surface area contributed by atoms with E-state index in [0.29, 0.717) is 0 Å². The summed E-state index contributed by atoms with van der Waals surface area (Å²) in [7, 11) is -3.60. The summed E-state index contributed by atoms with van der Waals surface area (Å²) in [5.41, 5.74) is 2.83. The average molecular weight is 152 g/mol. The van der Waals surface area contributed by atoms with Gasteiger partial charge in [-0.1, -0.05) is 0 Å². The van der Waals surface area contributed by atoms with Crippen molar-refractivity contribution < 1.29 is 13.5 Å². The molecule has 6 heteroatoms. The number of sulfone groups is 1. The first kappa shape index (κ1) is 8.38. The Morgan fingerprint density at radius 1 is 1.78 bits per heavy atom. The Hall–Kier alpha value is -0.620. The average Bonchev–Trinajstić information content (AvgIpc) is 1.62. The topological polar surface area (TPSA) is 104 Å². The standard InChI is InChI=1S/C3H8N2O3S/c1-9(7,8)3(6)2(4)5/h3,6H,1H3,(H3,4,5). The highest BCUT2D eigenvalue weighted by Gasteiger charge is 2.19. The molecule has 9 heavy (non-hydrogen) atoms. The third kappa shape index (κ3) is 2.43. The summed E-state index contributed by atoms with van der Waals surface area (Å²) in [6.45, 7) is 0. The molecule has 5 nitrogen and oxygen atoms in total. The van der Waals surface area contributed by atoms with E-state index in [1.807, 2.05) is 0 Å². The Morgan fingerprint density at radius 2 is 2.11 bits per heavy atom. The van der Waals surface area contributed by atoms with Gasteiger partial charge in [0.25, 0.3) is 0 Å². The molecule has 0 aromatic rings.